The van der Waals surface area contributed by atoms with Crippen LogP contribution in [0.1, 0.15) is 24.2 Å². The quantitative estimate of drug-likeness (QED) is 0.396. The maximum Gasteiger partial charge on any atom is 0.409 e. The van der Waals surface area contributed by atoms with Crippen molar-refractivity contribution in [2.75, 3.05) is 50.7 Å². The molecule has 0 atom stereocenters. The summed E-state index contributed by atoms with van der Waals surface area (Å²) in [6, 6.07) is 7.72. The molecule has 1 aliphatic heterocycles. The van der Waals surface area contributed by atoms with E-state index in [9.17, 15) is 26.4 Å². The zero-order valence-electron chi connectivity index (χ0n) is 22.7. The first-order valence-electron chi connectivity index (χ1n) is 12.7. The van der Waals surface area contributed by atoms with Crippen molar-refractivity contribution in [1.82, 2.24) is 14.3 Å². The molecule has 3 heterocycles. The Balaban J connectivity index is 1.56. The van der Waals surface area contributed by atoms with Gasteiger partial charge < -0.3 is 29.4 Å². The third-order valence-electron chi connectivity index (χ3n) is 6.58. The Bertz CT molecular complexity index is 1590. The highest BCUT2D eigenvalue weighted by atomic mass is 32.2. The van der Waals surface area contributed by atoms with Crippen LogP contribution in [0.4, 0.5) is 29.3 Å². The SMILES string of the molecule is COC(=O)N1CCC(Nc2cccn3c(CC(F)(F)F)c(C#CCNc4ccc(S(C)(=O)=O)cc4OC)nc23)CC1. The number of ether oxygens (including phenoxy) is 2. The Morgan fingerprint density at radius 2 is 1.90 bits per heavy atom. The van der Waals surface area contributed by atoms with Gasteiger partial charge in [-0.25, -0.2) is 18.2 Å². The molecule has 2 N–H and O–H groups in total. The van der Waals surface area contributed by atoms with Crippen molar-refractivity contribution in [3.8, 4) is 17.6 Å². The Morgan fingerprint density at radius 3 is 2.54 bits per heavy atom. The van der Waals surface area contributed by atoms with Gasteiger partial charge >= 0.3 is 12.3 Å². The van der Waals surface area contributed by atoms with Crippen molar-refractivity contribution in [2.45, 2.75) is 36.4 Å². The fourth-order valence-electron chi connectivity index (χ4n) is 4.56. The topological polar surface area (TPSA) is 114 Å². The van der Waals surface area contributed by atoms with E-state index in [-0.39, 0.29) is 34.6 Å². The van der Waals surface area contributed by atoms with Crippen LogP contribution in [0.2, 0.25) is 0 Å². The molecule has 1 fully saturated rings. The summed E-state index contributed by atoms with van der Waals surface area (Å²) in [5.41, 5.74) is 1.27. The van der Waals surface area contributed by atoms with Gasteiger partial charge in [-0.15, -0.1) is 0 Å². The largest absolute Gasteiger partial charge is 0.495 e. The van der Waals surface area contributed by atoms with E-state index in [1.165, 1.54) is 43.0 Å². The van der Waals surface area contributed by atoms with E-state index >= 15 is 0 Å². The van der Waals surface area contributed by atoms with Crippen molar-refractivity contribution >= 4 is 33.0 Å². The summed E-state index contributed by atoms with van der Waals surface area (Å²) < 4.78 is 75.6. The van der Waals surface area contributed by atoms with Gasteiger partial charge in [0.25, 0.3) is 0 Å². The number of methoxy groups -OCH3 is 2. The average Bonchev–Trinajstić information content (AvgIpc) is 3.27. The maximum atomic E-state index is 13.5. The van der Waals surface area contributed by atoms with Crippen LogP contribution < -0.4 is 15.4 Å². The number of nitrogens with zero attached hydrogens (tertiary/aromatic N) is 3. The molecule has 41 heavy (non-hydrogen) atoms. The van der Waals surface area contributed by atoms with Crippen LogP contribution in [0, 0.1) is 11.8 Å². The van der Waals surface area contributed by atoms with Crippen LogP contribution in [0.25, 0.3) is 5.65 Å². The molecular formula is C27H30F3N5O5S. The van der Waals surface area contributed by atoms with E-state index < -0.39 is 28.5 Å². The summed E-state index contributed by atoms with van der Waals surface area (Å²) in [7, 11) is -0.706. The molecule has 1 saturated heterocycles. The molecule has 220 valence electrons. The van der Waals surface area contributed by atoms with Crippen molar-refractivity contribution in [2.24, 2.45) is 0 Å². The molecule has 4 rings (SSSR count). The Kier molecular flexibility index (Phi) is 8.86. The molecule has 2 aromatic heterocycles. The number of amides is 1. The smallest absolute Gasteiger partial charge is 0.409 e. The minimum Gasteiger partial charge on any atom is -0.495 e. The molecule has 1 amide bonds. The summed E-state index contributed by atoms with van der Waals surface area (Å²) in [6.07, 6.45) is -2.21. The monoisotopic (exact) mass is 593 g/mol. The second-order valence-electron chi connectivity index (χ2n) is 9.48. The highest BCUT2D eigenvalue weighted by Gasteiger charge is 2.32. The number of hydrogen-bond donors (Lipinski definition) is 2. The van der Waals surface area contributed by atoms with E-state index in [4.69, 9.17) is 9.47 Å². The minimum absolute atomic E-state index is 0.00160. The molecule has 0 unspecified atom stereocenters. The van der Waals surface area contributed by atoms with Gasteiger partial charge in [-0.1, -0.05) is 5.92 Å². The molecule has 14 heteroatoms. The Morgan fingerprint density at radius 1 is 1.17 bits per heavy atom. The van der Waals surface area contributed by atoms with E-state index in [1.807, 2.05) is 0 Å². The number of nitrogens with one attached hydrogen (secondary N) is 2. The zero-order chi connectivity index (χ0) is 29.8. The van der Waals surface area contributed by atoms with Gasteiger partial charge in [-0.2, -0.15) is 13.2 Å². The van der Waals surface area contributed by atoms with Crippen LogP contribution in [0.5, 0.6) is 5.75 Å². The lowest BCUT2D eigenvalue weighted by molar-refractivity contribution is -0.128. The molecular weight excluding hydrogens is 563 g/mol. The standard InChI is InChI=1S/C27H30F3N5O5S/c1-39-24-16-19(41(3,37)38)8-9-21(24)31-12-4-6-20-23(17-27(28,29)30)35-13-5-7-22(25(35)33-20)32-18-10-14-34(15-11-18)26(36)40-2/h5,7-9,13,16,18,31-32H,10-12,14-15,17H2,1-3H3. The highest BCUT2D eigenvalue weighted by Crippen LogP contribution is 2.29. The van der Waals surface area contributed by atoms with E-state index in [0.29, 0.717) is 43.0 Å². The van der Waals surface area contributed by atoms with Gasteiger partial charge in [0.05, 0.1) is 49.1 Å². The van der Waals surface area contributed by atoms with Crippen molar-refractivity contribution in [1.29, 1.82) is 0 Å². The van der Waals surface area contributed by atoms with E-state index in [1.54, 1.807) is 17.0 Å². The van der Waals surface area contributed by atoms with Gasteiger partial charge in [-0.05, 0) is 43.0 Å². The summed E-state index contributed by atoms with van der Waals surface area (Å²) in [6.45, 7) is 1.03. The number of halogens is 3. The number of pyridine rings is 1. The van der Waals surface area contributed by atoms with Crippen molar-refractivity contribution in [3.05, 3.63) is 47.9 Å². The molecule has 0 radical (unpaired) electrons. The number of anilines is 2. The van der Waals surface area contributed by atoms with Crippen molar-refractivity contribution < 1.29 is 35.9 Å². The normalized spacial score (nSPS) is 14.3. The number of piperidine rings is 1. The number of likely N-dealkylation sites (tertiary alicyclic amines) is 1. The zero-order valence-corrected chi connectivity index (χ0v) is 23.5. The third kappa shape index (κ3) is 7.35. The van der Waals surface area contributed by atoms with Crippen molar-refractivity contribution in [3.63, 3.8) is 0 Å². The maximum absolute atomic E-state index is 13.5. The number of aromatic nitrogens is 2. The first kappa shape index (κ1) is 29.9. The molecule has 3 aromatic rings. The van der Waals surface area contributed by atoms with Gasteiger partial charge in [0.1, 0.15) is 11.4 Å². The van der Waals surface area contributed by atoms with Crippen LogP contribution in [0.3, 0.4) is 0 Å². The van der Waals surface area contributed by atoms with Crippen LogP contribution in [0.15, 0.2) is 41.4 Å². The fraction of sp³-hybridized carbons (Fsp3) is 0.407. The van der Waals surface area contributed by atoms with Gasteiger partial charge in [-0.3, -0.25) is 0 Å². The third-order valence-corrected chi connectivity index (χ3v) is 7.69. The van der Waals surface area contributed by atoms with E-state index in [2.05, 4.69) is 27.5 Å². The number of sulfone groups is 1. The number of carbonyl (C=O) groups is 1. The molecule has 10 nitrogen and oxygen atoms in total. The predicted octanol–water partition coefficient (Wildman–Crippen LogP) is 3.96. The number of rotatable bonds is 7. The second-order valence-corrected chi connectivity index (χ2v) is 11.5. The van der Waals surface area contributed by atoms with E-state index in [0.717, 1.165) is 6.26 Å². The second kappa shape index (κ2) is 12.2. The van der Waals surface area contributed by atoms with Crippen LogP contribution in [-0.4, -0.2) is 81.1 Å². The average molecular weight is 594 g/mol. The summed E-state index contributed by atoms with van der Waals surface area (Å²) in [4.78, 5) is 17.9. The molecule has 0 aliphatic carbocycles. The van der Waals surface area contributed by atoms with Gasteiger partial charge in [0.2, 0.25) is 0 Å². The lowest BCUT2D eigenvalue weighted by atomic mass is 10.1. The minimum atomic E-state index is -4.48. The Hall–Kier alpha value is -4.12. The number of carbonyl (C=O) groups excluding carboxylic acids is 1. The highest BCUT2D eigenvalue weighted by molar-refractivity contribution is 7.90. The first-order valence-corrected chi connectivity index (χ1v) is 14.6. The number of hydrogen-bond acceptors (Lipinski definition) is 8. The summed E-state index contributed by atoms with van der Waals surface area (Å²) >= 11 is 0. The lowest BCUT2D eigenvalue weighted by Gasteiger charge is -2.31. The number of imidazole rings is 1. The summed E-state index contributed by atoms with van der Waals surface area (Å²) in [5, 5.41) is 6.36. The molecule has 1 aromatic carbocycles. The lowest BCUT2D eigenvalue weighted by Crippen LogP contribution is -2.42. The number of fused-ring (bicyclic) bond motifs is 1. The Labute approximate surface area is 235 Å². The number of benzene rings is 1. The molecule has 0 bridgehead atoms. The van der Waals surface area contributed by atoms with Gasteiger partial charge in [0.15, 0.2) is 15.5 Å². The molecule has 1 aliphatic rings. The first-order chi connectivity index (χ1) is 19.4. The van der Waals surface area contributed by atoms with Crippen LogP contribution in [-0.2, 0) is 21.0 Å². The van der Waals surface area contributed by atoms with Crippen LogP contribution >= 0.6 is 0 Å². The van der Waals surface area contributed by atoms with Gasteiger partial charge in [0, 0.05) is 37.7 Å². The molecule has 0 spiro atoms. The number of alkyl halides is 3. The molecule has 0 saturated carbocycles. The summed E-state index contributed by atoms with van der Waals surface area (Å²) in [5.74, 6) is 5.85. The fourth-order valence-corrected chi connectivity index (χ4v) is 5.20. The predicted molar refractivity (Wildman–Crippen MR) is 147 cm³/mol.